The quantitative estimate of drug-likeness (QED) is 0.579. The summed E-state index contributed by atoms with van der Waals surface area (Å²) in [7, 11) is 3.66. The second-order valence-corrected chi connectivity index (χ2v) is 6.76. The molecule has 3 N–H and O–H groups in total. The summed E-state index contributed by atoms with van der Waals surface area (Å²) in [5.74, 6) is -0.729. The number of amides is 3. The molecule has 0 saturated carbocycles. The molecule has 0 atom stereocenters. The number of nitrogens with zero attached hydrogens (tertiary/aromatic N) is 2. The third-order valence-electron chi connectivity index (χ3n) is 4.24. The number of benzene rings is 2. The van der Waals surface area contributed by atoms with Gasteiger partial charge in [0.05, 0.1) is 5.56 Å². The molecule has 8 heteroatoms. The minimum atomic E-state index is -0.542. The van der Waals surface area contributed by atoms with Gasteiger partial charge in [-0.25, -0.2) is 9.18 Å². The Balaban J connectivity index is 1.73. The van der Waals surface area contributed by atoms with Crippen molar-refractivity contribution in [3.8, 4) is 0 Å². The van der Waals surface area contributed by atoms with Gasteiger partial charge in [0.1, 0.15) is 5.82 Å². The van der Waals surface area contributed by atoms with Crippen molar-refractivity contribution in [3.63, 3.8) is 0 Å². The van der Waals surface area contributed by atoms with Crippen LogP contribution in [0.1, 0.15) is 15.9 Å². The molecule has 0 aliphatic heterocycles. The summed E-state index contributed by atoms with van der Waals surface area (Å²) < 4.78 is 13.3. The monoisotopic (exact) mass is 407 g/mol. The number of halogens is 1. The number of carbonyl (C=O) groups is 2. The zero-order valence-electron chi connectivity index (χ0n) is 16.6. The Morgan fingerprint density at radius 2 is 1.77 bits per heavy atom. The summed E-state index contributed by atoms with van der Waals surface area (Å²) in [6.45, 7) is 0.331. The first-order chi connectivity index (χ1) is 14.4. The van der Waals surface area contributed by atoms with E-state index in [9.17, 15) is 14.0 Å². The molecule has 0 saturated heterocycles. The minimum absolute atomic E-state index is 0.281. The number of aromatic nitrogens is 1. The fourth-order valence-electron chi connectivity index (χ4n) is 2.83. The third-order valence-corrected chi connectivity index (χ3v) is 4.24. The molecule has 0 aliphatic rings. The molecule has 7 nitrogen and oxygen atoms in total. The van der Waals surface area contributed by atoms with E-state index in [1.54, 1.807) is 42.7 Å². The fraction of sp³-hybridized carbons (Fsp3) is 0.136. The molecule has 3 amide bonds. The summed E-state index contributed by atoms with van der Waals surface area (Å²) in [6.07, 6.45) is 3.35. The summed E-state index contributed by atoms with van der Waals surface area (Å²) in [5.41, 5.74) is 2.75. The predicted molar refractivity (Wildman–Crippen MR) is 115 cm³/mol. The van der Waals surface area contributed by atoms with E-state index < -0.39 is 11.8 Å². The van der Waals surface area contributed by atoms with Gasteiger partial charge in [0, 0.05) is 50.1 Å². The van der Waals surface area contributed by atoms with Gasteiger partial charge in [-0.15, -0.1) is 0 Å². The lowest BCUT2D eigenvalue weighted by atomic mass is 10.1. The van der Waals surface area contributed by atoms with Crippen LogP contribution in [-0.4, -0.2) is 31.0 Å². The van der Waals surface area contributed by atoms with Gasteiger partial charge in [0.25, 0.3) is 5.91 Å². The van der Waals surface area contributed by atoms with Crippen LogP contribution in [0.15, 0.2) is 67.0 Å². The lowest BCUT2D eigenvalue weighted by Gasteiger charge is -2.18. The molecule has 0 unspecified atom stereocenters. The molecular weight excluding hydrogens is 385 g/mol. The largest absolute Gasteiger partial charge is 0.377 e. The maximum atomic E-state index is 13.3. The summed E-state index contributed by atoms with van der Waals surface area (Å²) in [5, 5.41) is 8.08. The number of hydrogen-bond donors (Lipinski definition) is 3. The van der Waals surface area contributed by atoms with Gasteiger partial charge >= 0.3 is 6.03 Å². The van der Waals surface area contributed by atoms with Gasteiger partial charge in [-0.1, -0.05) is 12.1 Å². The number of nitrogens with one attached hydrogen (secondary N) is 3. The summed E-state index contributed by atoms with van der Waals surface area (Å²) in [6, 6.07) is 13.7. The Morgan fingerprint density at radius 3 is 2.43 bits per heavy atom. The highest BCUT2D eigenvalue weighted by atomic mass is 19.1. The van der Waals surface area contributed by atoms with Crippen molar-refractivity contribution >= 4 is 29.0 Å². The van der Waals surface area contributed by atoms with Crippen LogP contribution in [0.4, 0.5) is 26.2 Å². The van der Waals surface area contributed by atoms with Gasteiger partial charge in [0.2, 0.25) is 0 Å². The van der Waals surface area contributed by atoms with Crippen LogP contribution < -0.4 is 20.9 Å². The van der Waals surface area contributed by atoms with E-state index in [2.05, 4.69) is 20.9 Å². The average Bonchev–Trinajstić information content (AvgIpc) is 2.72. The first-order valence-corrected chi connectivity index (χ1v) is 9.24. The molecule has 2 aromatic carbocycles. The second-order valence-electron chi connectivity index (χ2n) is 6.76. The smallest absolute Gasteiger partial charge is 0.323 e. The van der Waals surface area contributed by atoms with Gasteiger partial charge in [-0.2, -0.15) is 0 Å². The normalized spacial score (nSPS) is 10.2. The van der Waals surface area contributed by atoms with Crippen LogP contribution in [0.5, 0.6) is 0 Å². The molecule has 154 valence electrons. The maximum absolute atomic E-state index is 13.3. The minimum Gasteiger partial charge on any atom is -0.377 e. The highest BCUT2D eigenvalue weighted by molar-refractivity contribution is 6.03. The van der Waals surface area contributed by atoms with Crippen molar-refractivity contribution in [3.05, 3.63) is 83.9 Å². The maximum Gasteiger partial charge on any atom is 0.323 e. The Labute approximate surface area is 173 Å². The van der Waals surface area contributed by atoms with Crippen molar-refractivity contribution < 1.29 is 14.0 Å². The van der Waals surface area contributed by atoms with E-state index >= 15 is 0 Å². The standard InChI is InChI=1S/C22H22FN5O2/c1-28(2)20-9-8-18(27-22(30)26-17-7-3-6-16(23)11-17)12-19(20)21(29)25-14-15-5-4-10-24-13-15/h3-13H,14H2,1-2H3,(H,25,29)(H2,26,27,30). The lowest BCUT2D eigenvalue weighted by molar-refractivity contribution is 0.0951. The Morgan fingerprint density at radius 1 is 1.00 bits per heavy atom. The molecule has 0 bridgehead atoms. The Bertz CT molecular complexity index is 1040. The molecule has 3 rings (SSSR count). The Kier molecular flexibility index (Phi) is 6.59. The van der Waals surface area contributed by atoms with E-state index in [0.29, 0.717) is 29.2 Å². The van der Waals surface area contributed by atoms with Crippen LogP contribution >= 0.6 is 0 Å². The molecule has 0 radical (unpaired) electrons. The molecule has 3 aromatic rings. The van der Waals surface area contributed by atoms with Gasteiger partial charge in [-0.3, -0.25) is 9.78 Å². The van der Waals surface area contributed by atoms with E-state index in [1.165, 1.54) is 18.2 Å². The van der Waals surface area contributed by atoms with Crippen molar-refractivity contribution in [2.45, 2.75) is 6.54 Å². The fourth-order valence-corrected chi connectivity index (χ4v) is 2.83. The van der Waals surface area contributed by atoms with Crippen molar-refractivity contribution in [2.75, 3.05) is 29.6 Å². The molecule has 0 aliphatic carbocycles. The number of anilines is 3. The second kappa shape index (κ2) is 9.51. The topological polar surface area (TPSA) is 86.4 Å². The molecule has 0 spiro atoms. The number of rotatable bonds is 6. The van der Waals surface area contributed by atoms with Crippen molar-refractivity contribution in [2.24, 2.45) is 0 Å². The highest BCUT2D eigenvalue weighted by Crippen LogP contribution is 2.23. The molecule has 1 heterocycles. The number of urea groups is 1. The van der Waals surface area contributed by atoms with E-state index in [0.717, 1.165) is 5.56 Å². The van der Waals surface area contributed by atoms with Crippen LogP contribution in [0, 0.1) is 5.82 Å². The number of hydrogen-bond acceptors (Lipinski definition) is 4. The number of carbonyl (C=O) groups excluding carboxylic acids is 2. The first kappa shape index (κ1) is 20.8. The van der Waals surface area contributed by atoms with Crippen molar-refractivity contribution in [1.82, 2.24) is 10.3 Å². The zero-order valence-corrected chi connectivity index (χ0v) is 16.6. The van der Waals surface area contributed by atoms with Crippen LogP contribution in [0.3, 0.4) is 0 Å². The van der Waals surface area contributed by atoms with Crippen LogP contribution in [0.25, 0.3) is 0 Å². The summed E-state index contributed by atoms with van der Waals surface area (Å²) in [4.78, 5) is 30.9. The highest BCUT2D eigenvalue weighted by Gasteiger charge is 2.15. The zero-order chi connectivity index (χ0) is 21.5. The van der Waals surface area contributed by atoms with E-state index in [1.807, 2.05) is 25.1 Å². The molecule has 1 aromatic heterocycles. The van der Waals surface area contributed by atoms with E-state index in [4.69, 9.17) is 0 Å². The third kappa shape index (κ3) is 5.54. The van der Waals surface area contributed by atoms with Crippen LogP contribution in [0.2, 0.25) is 0 Å². The number of pyridine rings is 1. The molecule has 0 fully saturated rings. The lowest BCUT2D eigenvalue weighted by Crippen LogP contribution is -2.26. The molecular formula is C22H22FN5O2. The van der Waals surface area contributed by atoms with Gasteiger partial charge in [-0.05, 0) is 48.0 Å². The average molecular weight is 407 g/mol. The van der Waals surface area contributed by atoms with E-state index in [-0.39, 0.29) is 5.91 Å². The van der Waals surface area contributed by atoms with Gasteiger partial charge < -0.3 is 20.9 Å². The first-order valence-electron chi connectivity index (χ1n) is 9.24. The van der Waals surface area contributed by atoms with Crippen LogP contribution in [-0.2, 0) is 6.54 Å². The van der Waals surface area contributed by atoms with Gasteiger partial charge in [0.15, 0.2) is 0 Å². The summed E-state index contributed by atoms with van der Waals surface area (Å²) >= 11 is 0. The molecule has 30 heavy (non-hydrogen) atoms. The van der Waals surface area contributed by atoms with Crippen molar-refractivity contribution in [1.29, 1.82) is 0 Å². The Hall–Kier alpha value is -3.94. The SMILES string of the molecule is CN(C)c1ccc(NC(=O)Nc2cccc(F)c2)cc1C(=O)NCc1cccnc1. The predicted octanol–water partition coefficient (Wildman–Crippen LogP) is 3.86.